The lowest BCUT2D eigenvalue weighted by Crippen LogP contribution is -2.13. The van der Waals surface area contributed by atoms with E-state index in [0.29, 0.717) is 29.1 Å². The van der Waals surface area contributed by atoms with Crippen LogP contribution in [-0.2, 0) is 16.6 Å². The zero-order chi connectivity index (χ0) is 24.4. The highest BCUT2D eigenvalue weighted by molar-refractivity contribution is 7.89. The Kier molecular flexibility index (Phi) is 5.66. The van der Waals surface area contributed by atoms with E-state index in [0.717, 1.165) is 16.8 Å². The molecule has 10 nitrogen and oxygen atoms in total. The third-order valence-electron chi connectivity index (χ3n) is 5.29. The lowest BCUT2D eigenvalue weighted by Gasteiger charge is -2.12. The number of nitrogens with two attached hydrogens (primary N) is 1. The first-order chi connectivity index (χ1) is 16.9. The first-order valence-electron chi connectivity index (χ1n) is 10.4. The number of fused-ring (bicyclic) bond motifs is 1. The number of anilines is 1. The third kappa shape index (κ3) is 4.43. The number of sulfonamides is 1. The van der Waals surface area contributed by atoms with E-state index in [1.807, 2.05) is 42.5 Å². The lowest BCUT2D eigenvalue weighted by molar-refractivity contribution is 0.597. The van der Waals surface area contributed by atoms with Gasteiger partial charge in [-0.15, -0.1) is 5.10 Å². The van der Waals surface area contributed by atoms with Gasteiger partial charge in [0.05, 0.1) is 18.8 Å². The van der Waals surface area contributed by atoms with Crippen molar-refractivity contribution in [2.45, 2.75) is 11.4 Å². The summed E-state index contributed by atoms with van der Waals surface area (Å²) in [4.78, 5) is 16.5. The van der Waals surface area contributed by atoms with Crippen LogP contribution < -0.4 is 10.5 Å². The topological polar surface area (TPSA) is 133 Å². The summed E-state index contributed by atoms with van der Waals surface area (Å²) in [5, 5.41) is 13.2. The van der Waals surface area contributed by atoms with Gasteiger partial charge in [-0.3, -0.25) is 9.97 Å². The molecule has 0 saturated heterocycles. The van der Waals surface area contributed by atoms with E-state index in [4.69, 9.17) is 16.7 Å². The molecular weight excluding hydrogens is 464 g/mol. The highest BCUT2D eigenvalue weighted by Crippen LogP contribution is 2.36. The third-order valence-corrected chi connectivity index (χ3v) is 6.17. The molecule has 0 amide bonds. The molecule has 4 heterocycles. The van der Waals surface area contributed by atoms with Crippen molar-refractivity contribution in [3.63, 3.8) is 0 Å². The molecular formula is C24H18N8O2S. The maximum absolute atomic E-state index is 11.8. The standard InChI is InChI=1S/C24H18N8O2S/c1-26-21-8-3-2-7-19(21)20-9-11-32-22(20)24(29-14-17-6-4-5-10-28-17)30-23(31-32)16-12-18(15-27-13-16)35(25,33)34/h2-13,15H,14H2,(H2,25,33,34)(H,29,30,31). The van der Waals surface area contributed by atoms with Gasteiger partial charge in [0.1, 0.15) is 10.4 Å². The van der Waals surface area contributed by atoms with Crippen molar-refractivity contribution in [3.05, 3.63) is 96.5 Å². The van der Waals surface area contributed by atoms with Crippen molar-refractivity contribution in [2.24, 2.45) is 5.14 Å². The Morgan fingerprint density at radius 2 is 1.89 bits per heavy atom. The fraction of sp³-hybridized carbons (Fsp3) is 0.0417. The SMILES string of the molecule is [C-]#[N+]c1ccccc1-c1ccn2nc(-c3cncc(S(N)(=O)=O)c3)nc(NCc3ccccn3)c12. The van der Waals surface area contributed by atoms with Crippen molar-refractivity contribution < 1.29 is 8.42 Å². The Morgan fingerprint density at radius 3 is 2.66 bits per heavy atom. The van der Waals surface area contributed by atoms with Crippen molar-refractivity contribution in [1.82, 2.24) is 24.6 Å². The highest BCUT2D eigenvalue weighted by Gasteiger charge is 2.18. The number of rotatable bonds is 6. The molecule has 0 fully saturated rings. The average Bonchev–Trinajstić information content (AvgIpc) is 3.31. The van der Waals surface area contributed by atoms with Crippen molar-refractivity contribution in [1.29, 1.82) is 0 Å². The van der Waals surface area contributed by atoms with E-state index in [2.05, 4.69) is 25.2 Å². The van der Waals surface area contributed by atoms with Crippen LogP contribution in [0.3, 0.4) is 0 Å². The first kappa shape index (κ1) is 22.1. The Balaban J connectivity index is 1.69. The summed E-state index contributed by atoms with van der Waals surface area (Å²) in [6, 6.07) is 16.2. The number of hydrogen-bond donors (Lipinski definition) is 2. The number of benzene rings is 1. The van der Waals surface area contributed by atoms with Gasteiger partial charge in [0.15, 0.2) is 17.3 Å². The molecule has 0 aliphatic carbocycles. The quantitative estimate of drug-likeness (QED) is 0.353. The monoisotopic (exact) mass is 482 g/mol. The molecule has 35 heavy (non-hydrogen) atoms. The fourth-order valence-electron chi connectivity index (χ4n) is 3.66. The Morgan fingerprint density at radius 1 is 1.06 bits per heavy atom. The molecule has 4 aromatic heterocycles. The molecule has 11 heteroatoms. The molecule has 0 bridgehead atoms. The summed E-state index contributed by atoms with van der Waals surface area (Å²) in [6.45, 7) is 7.94. The summed E-state index contributed by atoms with van der Waals surface area (Å²) < 4.78 is 25.3. The number of nitrogens with one attached hydrogen (secondary N) is 1. The Hall–Kier alpha value is -4.66. The molecule has 0 spiro atoms. The summed E-state index contributed by atoms with van der Waals surface area (Å²) in [5.41, 5.74) is 3.89. The smallest absolute Gasteiger partial charge is 0.239 e. The van der Waals surface area contributed by atoms with Crippen molar-refractivity contribution in [3.8, 4) is 22.5 Å². The predicted octanol–water partition coefficient (Wildman–Crippen LogP) is 3.66. The normalized spacial score (nSPS) is 11.3. The molecule has 0 saturated carbocycles. The summed E-state index contributed by atoms with van der Waals surface area (Å²) in [7, 11) is -3.95. The van der Waals surface area contributed by atoms with Crippen molar-refractivity contribution in [2.75, 3.05) is 5.32 Å². The second-order valence-corrected chi connectivity index (χ2v) is 9.13. The minimum absolute atomic E-state index is 0.138. The minimum atomic E-state index is -3.95. The molecule has 5 aromatic rings. The van der Waals surface area contributed by atoms with E-state index < -0.39 is 10.0 Å². The van der Waals surface area contributed by atoms with E-state index in [1.54, 1.807) is 23.0 Å². The molecule has 172 valence electrons. The summed E-state index contributed by atoms with van der Waals surface area (Å²) in [6.07, 6.45) is 6.11. The number of primary sulfonamides is 1. The maximum Gasteiger partial charge on any atom is 0.239 e. The van der Waals surface area contributed by atoms with E-state index >= 15 is 0 Å². The van der Waals surface area contributed by atoms with Crippen LogP contribution in [0.1, 0.15) is 5.69 Å². The second-order valence-electron chi connectivity index (χ2n) is 7.56. The van der Waals surface area contributed by atoms with Crippen molar-refractivity contribution >= 4 is 27.0 Å². The molecule has 0 radical (unpaired) electrons. The maximum atomic E-state index is 11.8. The van der Waals surface area contributed by atoms with Crippen LogP contribution in [0.5, 0.6) is 0 Å². The number of pyridine rings is 2. The van der Waals surface area contributed by atoms with Crippen LogP contribution in [-0.4, -0.2) is 33.0 Å². The van der Waals surface area contributed by atoms with Gasteiger partial charge in [-0.25, -0.2) is 27.9 Å². The van der Waals surface area contributed by atoms with Gasteiger partial charge < -0.3 is 5.32 Å². The van der Waals surface area contributed by atoms with E-state index in [1.165, 1.54) is 18.5 Å². The van der Waals surface area contributed by atoms with Crippen LogP contribution in [0.15, 0.2) is 84.3 Å². The molecule has 0 unspecified atom stereocenters. The molecule has 3 N–H and O–H groups in total. The van der Waals surface area contributed by atoms with Gasteiger partial charge in [-0.05, 0) is 29.8 Å². The van der Waals surface area contributed by atoms with Gasteiger partial charge in [-0.1, -0.05) is 30.3 Å². The van der Waals surface area contributed by atoms with Crippen LogP contribution in [0.2, 0.25) is 0 Å². The molecule has 0 atom stereocenters. The van der Waals surface area contributed by atoms with Gasteiger partial charge in [0.25, 0.3) is 0 Å². The average molecular weight is 483 g/mol. The van der Waals surface area contributed by atoms with Gasteiger partial charge in [0, 0.05) is 35.9 Å². The molecule has 0 aliphatic heterocycles. The predicted molar refractivity (Wildman–Crippen MR) is 131 cm³/mol. The Labute approximate surface area is 201 Å². The van der Waals surface area contributed by atoms with Crippen LogP contribution in [0.25, 0.3) is 32.9 Å². The zero-order valence-electron chi connectivity index (χ0n) is 18.2. The van der Waals surface area contributed by atoms with Crippen LogP contribution >= 0.6 is 0 Å². The van der Waals surface area contributed by atoms with Gasteiger partial charge in [0.2, 0.25) is 10.0 Å². The first-order valence-corrected chi connectivity index (χ1v) is 12.0. The second kappa shape index (κ2) is 8.94. The highest BCUT2D eigenvalue weighted by atomic mass is 32.2. The lowest BCUT2D eigenvalue weighted by atomic mass is 10.1. The number of aromatic nitrogens is 5. The largest absolute Gasteiger partial charge is 0.363 e. The molecule has 1 aromatic carbocycles. The number of para-hydroxylation sites is 1. The van der Waals surface area contributed by atoms with E-state index in [9.17, 15) is 8.42 Å². The molecule has 5 rings (SSSR count). The number of hydrogen-bond acceptors (Lipinski definition) is 7. The number of nitrogens with zero attached hydrogens (tertiary/aromatic N) is 6. The van der Waals surface area contributed by atoms with E-state index in [-0.39, 0.29) is 10.7 Å². The van der Waals surface area contributed by atoms with Gasteiger partial charge in [-0.2, -0.15) is 0 Å². The minimum Gasteiger partial charge on any atom is -0.363 e. The fourth-order valence-corrected chi connectivity index (χ4v) is 4.16. The van der Waals surface area contributed by atoms with Gasteiger partial charge >= 0.3 is 0 Å². The summed E-state index contributed by atoms with van der Waals surface area (Å²) in [5.74, 6) is 0.737. The zero-order valence-corrected chi connectivity index (χ0v) is 19.0. The molecule has 0 aliphatic rings. The Bertz CT molecular complexity index is 1690. The van der Waals surface area contributed by atoms with Crippen LogP contribution in [0.4, 0.5) is 11.5 Å². The summed E-state index contributed by atoms with van der Waals surface area (Å²) >= 11 is 0. The van der Waals surface area contributed by atoms with Crippen LogP contribution in [0, 0.1) is 6.57 Å².